The van der Waals surface area contributed by atoms with Gasteiger partial charge in [0.05, 0.1) is 5.02 Å². The molecule has 0 atom stereocenters. The van der Waals surface area contributed by atoms with E-state index in [0.717, 1.165) is 51.4 Å². The van der Waals surface area contributed by atoms with Crippen molar-refractivity contribution in [3.8, 4) is 0 Å². The predicted molar refractivity (Wildman–Crippen MR) is 77.1 cm³/mol. The number of piperazine rings is 1. The summed E-state index contributed by atoms with van der Waals surface area (Å²) in [4.78, 5) is 4.67. The lowest BCUT2D eigenvalue weighted by atomic mass is 10.2. The Bertz CT molecular complexity index is 408. The first-order valence-corrected chi connectivity index (χ1v) is 7.08. The van der Waals surface area contributed by atoms with Crippen LogP contribution >= 0.6 is 11.6 Å². The molecular weight excluding hydrogens is 265 g/mol. The van der Waals surface area contributed by atoms with E-state index in [1.807, 2.05) is 6.07 Å². The van der Waals surface area contributed by atoms with Gasteiger partial charge in [0.2, 0.25) is 0 Å². The molecule has 1 N–H and O–H groups in total. The molecule has 1 aliphatic rings. The lowest BCUT2D eigenvalue weighted by molar-refractivity contribution is 0.202. The third kappa shape index (κ3) is 4.73. The molecule has 5 heteroatoms. The monoisotopic (exact) mass is 285 g/mol. The van der Waals surface area contributed by atoms with E-state index in [4.69, 9.17) is 11.6 Å². The summed E-state index contributed by atoms with van der Waals surface area (Å²) in [5.41, 5.74) is 0.963. The minimum atomic E-state index is -0.338. The van der Waals surface area contributed by atoms with Crippen molar-refractivity contribution < 1.29 is 4.39 Å². The molecule has 0 amide bonds. The van der Waals surface area contributed by atoms with Gasteiger partial charge in [-0.3, -0.25) is 4.90 Å². The van der Waals surface area contributed by atoms with E-state index < -0.39 is 0 Å². The van der Waals surface area contributed by atoms with E-state index in [2.05, 4.69) is 22.2 Å². The van der Waals surface area contributed by atoms with E-state index in [1.165, 1.54) is 6.07 Å². The summed E-state index contributed by atoms with van der Waals surface area (Å²) in [5.74, 6) is -0.338. The summed E-state index contributed by atoms with van der Waals surface area (Å²) in [7, 11) is 2.06. The quantitative estimate of drug-likeness (QED) is 0.890. The molecule has 106 valence electrons. The Kier molecular flexibility index (Phi) is 5.58. The summed E-state index contributed by atoms with van der Waals surface area (Å²) in [6.45, 7) is 7.18. The summed E-state index contributed by atoms with van der Waals surface area (Å²) >= 11 is 5.68. The van der Waals surface area contributed by atoms with Crippen LogP contribution in [-0.2, 0) is 6.54 Å². The topological polar surface area (TPSA) is 18.5 Å². The van der Waals surface area contributed by atoms with Crippen LogP contribution in [0.3, 0.4) is 0 Å². The number of nitrogens with one attached hydrogen (secondary N) is 1. The van der Waals surface area contributed by atoms with Crippen molar-refractivity contribution >= 4 is 11.6 Å². The highest BCUT2D eigenvalue weighted by Crippen LogP contribution is 2.16. The van der Waals surface area contributed by atoms with Crippen LogP contribution < -0.4 is 5.32 Å². The largest absolute Gasteiger partial charge is 0.314 e. The normalized spacial score (nSPS) is 17.1. The number of halogens is 2. The van der Waals surface area contributed by atoms with Gasteiger partial charge in [0.1, 0.15) is 5.82 Å². The van der Waals surface area contributed by atoms with Crippen molar-refractivity contribution in [2.75, 3.05) is 46.3 Å². The van der Waals surface area contributed by atoms with Crippen LogP contribution in [0.15, 0.2) is 18.2 Å². The minimum absolute atomic E-state index is 0.187. The Hall–Kier alpha value is -0.680. The molecule has 1 fully saturated rings. The summed E-state index contributed by atoms with van der Waals surface area (Å²) in [6, 6.07) is 5.02. The first kappa shape index (κ1) is 14.7. The SMILES string of the molecule is CN(CCN1CCNCC1)Cc1ccc(Cl)c(F)c1. The van der Waals surface area contributed by atoms with Crippen LogP contribution in [0, 0.1) is 5.82 Å². The van der Waals surface area contributed by atoms with Crippen LogP contribution in [0.4, 0.5) is 4.39 Å². The molecule has 0 aliphatic carbocycles. The van der Waals surface area contributed by atoms with Crippen LogP contribution in [0.2, 0.25) is 5.02 Å². The molecule has 1 heterocycles. The Morgan fingerprint density at radius 1 is 1.37 bits per heavy atom. The molecule has 2 rings (SSSR count). The molecule has 0 bridgehead atoms. The van der Waals surface area contributed by atoms with Gasteiger partial charge in [-0.1, -0.05) is 17.7 Å². The molecule has 0 radical (unpaired) electrons. The average Bonchev–Trinajstić information content (AvgIpc) is 2.42. The van der Waals surface area contributed by atoms with E-state index in [9.17, 15) is 4.39 Å². The number of hydrogen-bond donors (Lipinski definition) is 1. The molecule has 0 aromatic heterocycles. The van der Waals surface area contributed by atoms with Gasteiger partial charge in [0.25, 0.3) is 0 Å². The molecule has 1 saturated heterocycles. The number of nitrogens with zero attached hydrogens (tertiary/aromatic N) is 2. The van der Waals surface area contributed by atoms with Crippen LogP contribution in [0.5, 0.6) is 0 Å². The number of benzene rings is 1. The smallest absolute Gasteiger partial charge is 0.142 e. The van der Waals surface area contributed by atoms with Crippen LogP contribution in [0.1, 0.15) is 5.56 Å². The van der Waals surface area contributed by atoms with Gasteiger partial charge in [-0.2, -0.15) is 0 Å². The fraction of sp³-hybridized carbons (Fsp3) is 0.571. The maximum absolute atomic E-state index is 13.3. The second kappa shape index (κ2) is 7.20. The number of hydrogen-bond acceptors (Lipinski definition) is 3. The first-order chi connectivity index (χ1) is 9.15. The highest BCUT2D eigenvalue weighted by molar-refractivity contribution is 6.30. The van der Waals surface area contributed by atoms with E-state index >= 15 is 0 Å². The highest BCUT2D eigenvalue weighted by atomic mass is 35.5. The molecule has 1 aromatic rings. The highest BCUT2D eigenvalue weighted by Gasteiger charge is 2.10. The van der Waals surface area contributed by atoms with Crippen LogP contribution in [-0.4, -0.2) is 56.1 Å². The molecule has 0 unspecified atom stereocenters. The Morgan fingerprint density at radius 2 is 2.11 bits per heavy atom. The fourth-order valence-corrected chi connectivity index (χ4v) is 2.39. The predicted octanol–water partition coefficient (Wildman–Crippen LogP) is 1.82. The zero-order valence-electron chi connectivity index (χ0n) is 11.3. The average molecular weight is 286 g/mol. The van der Waals surface area contributed by atoms with Crippen molar-refractivity contribution in [1.29, 1.82) is 0 Å². The molecule has 0 saturated carbocycles. The van der Waals surface area contributed by atoms with Gasteiger partial charge in [-0.05, 0) is 24.7 Å². The van der Waals surface area contributed by atoms with Gasteiger partial charge in [0.15, 0.2) is 0 Å². The maximum atomic E-state index is 13.3. The maximum Gasteiger partial charge on any atom is 0.142 e. The first-order valence-electron chi connectivity index (χ1n) is 6.71. The zero-order chi connectivity index (χ0) is 13.7. The lowest BCUT2D eigenvalue weighted by Crippen LogP contribution is -2.45. The van der Waals surface area contributed by atoms with Crippen molar-refractivity contribution in [2.45, 2.75) is 6.54 Å². The summed E-state index contributed by atoms with van der Waals surface area (Å²) in [5, 5.41) is 3.53. The molecule has 3 nitrogen and oxygen atoms in total. The standard InChI is InChI=1S/C14H21ClFN3/c1-18(8-9-19-6-4-17-5-7-19)11-12-2-3-13(15)14(16)10-12/h2-3,10,17H,4-9,11H2,1H3. The Morgan fingerprint density at radius 3 is 2.79 bits per heavy atom. The van der Waals surface area contributed by atoms with Crippen molar-refractivity contribution in [2.24, 2.45) is 0 Å². The van der Waals surface area contributed by atoms with Crippen molar-refractivity contribution in [3.05, 3.63) is 34.6 Å². The molecule has 1 aromatic carbocycles. The Balaban J connectivity index is 1.76. The molecule has 19 heavy (non-hydrogen) atoms. The number of likely N-dealkylation sites (N-methyl/N-ethyl adjacent to an activating group) is 1. The van der Waals surface area contributed by atoms with Crippen molar-refractivity contribution in [1.82, 2.24) is 15.1 Å². The van der Waals surface area contributed by atoms with E-state index in [1.54, 1.807) is 6.07 Å². The number of rotatable bonds is 5. The van der Waals surface area contributed by atoms with Gasteiger partial charge < -0.3 is 10.2 Å². The third-order valence-corrected chi connectivity index (χ3v) is 3.75. The van der Waals surface area contributed by atoms with Gasteiger partial charge in [-0.15, -0.1) is 0 Å². The molecule has 0 spiro atoms. The summed E-state index contributed by atoms with van der Waals surface area (Å²) in [6.07, 6.45) is 0. The zero-order valence-corrected chi connectivity index (χ0v) is 12.1. The fourth-order valence-electron chi connectivity index (χ4n) is 2.28. The summed E-state index contributed by atoms with van der Waals surface area (Å²) < 4.78 is 13.3. The van der Waals surface area contributed by atoms with Gasteiger partial charge in [0, 0.05) is 45.8 Å². The van der Waals surface area contributed by atoms with Gasteiger partial charge >= 0.3 is 0 Å². The minimum Gasteiger partial charge on any atom is -0.314 e. The van der Waals surface area contributed by atoms with Gasteiger partial charge in [-0.25, -0.2) is 4.39 Å². The second-order valence-electron chi connectivity index (χ2n) is 5.08. The van der Waals surface area contributed by atoms with E-state index in [-0.39, 0.29) is 10.8 Å². The van der Waals surface area contributed by atoms with E-state index in [0.29, 0.717) is 0 Å². The van der Waals surface area contributed by atoms with Crippen molar-refractivity contribution in [3.63, 3.8) is 0 Å². The van der Waals surface area contributed by atoms with Crippen LogP contribution in [0.25, 0.3) is 0 Å². The Labute approximate surface area is 119 Å². The third-order valence-electron chi connectivity index (χ3n) is 3.44. The molecular formula is C14H21ClFN3. The molecule has 1 aliphatic heterocycles. The lowest BCUT2D eigenvalue weighted by Gasteiger charge is -2.29. The second-order valence-corrected chi connectivity index (χ2v) is 5.49.